The molecule has 29 heavy (non-hydrogen) atoms. The Bertz CT molecular complexity index is 839. The zero-order valence-corrected chi connectivity index (χ0v) is 15.9. The fraction of sp³-hybridized carbons (Fsp3) is 0.562. The third-order valence-electron chi connectivity index (χ3n) is 4.20. The van der Waals surface area contributed by atoms with Gasteiger partial charge in [0.1, 0.15) is 18.5 Å². The van der Waals surface area contributed by atoms with Gasteiger partial charge in [-0.1, -0.05) is 0 Å². The lowest BCUT2D eigenvalue weighted by molar-refractivity contribution is -0.166. The van der Waals surface area contributed by atoms with Crippen molar-refractivity contribution in [3.05, 3.63) is 12.0 Å². The van der Waals surface area contributed by atoms with Crippen molar-refractivity contribution >= 4 is 29.6 Å². The van der Waals surface area contributed by atoms with Gasteiger partial charge in [0.25, 0.3) is 5.91 Å². The average molecular weight is 411 g/mol. The quantitative estimate of drug-likeness (QED) is 0.384. The van der Waals surface area contributed by atoms with E-state index in [1.807, 2.05) is 0 Å². The van der Waals surface area contributed by atoms with Gasteiger partial charge in [-0.3, -0.25) is 29.5 Å². The van der Waals surface area contributed by atoms with Gasteiger partial charge in [0.05, 0.1) is 6.33 Å². The van der Waals surface area contributed by atoms with Crippen LogP contribution in [-0.2, 0) is 33.3 Å². The Kier molecular flexibility index (Phi) is 5.70. The maximum absolute atomic E-state index is 12.1. The van der Waals surface area contributed by atoms with E-state index in [-0.39, 0.29) is 18.1 Å². The molecule has 3 rings (SSSR count). The molecule has 1 aromatic heterocycles. The topological polar surface area (TPSA) is 173 Å². The Morgan fingerprint density at radius 2 is 1.79 bits per heavy atom. The van der Waals surface area contributed by atoms with Gasteiger partial charge in [0.2, 0.25) is 0 Å². The number of amides is 1. The predicted molar refractivity (Wildman–Crippen MR) is 92.9 cm³/mol. The number of ether oxygens (including phenoxy) is 4. The molecule has 1 amide bonds. The van der Waals surface area contributed by atoms with Crippen LogP contribution in [0.5, 0.6) is 0 Å². The van der Waals surface area contributed by atoms with E-state index < -0.39 is 54.6 Å². The summed E-state index contributed by atoms with van der Waals surface area (Å²) >= 11 is 0. The fourth-order valence-corrected chi connectivity index (χ4v) is 3.17. The number of aromatic nitrogens is 2. The smallest absolute Gasteiger partial charge is 0.303 e. The largest absolute Gasteiger partial charge is 0.463 e. The van der Waals surface area contributed by atoms with Gasteiger partial charge in [0.15, 0.2) is 30.4 Å². The predicted octanol–water partition coefficient (Wildman–Crippen LogP) is -1.40. The molecule has 1 aromatic rings. The van der Waals surface area contributed by atoms with E-state index in [0.717, 1.165) is 0 Å². The Hall–Kier alpha value is -3.19. The van der Waals surface area contributed by atoms with Crippen molar-refractivity contribution in [3.63, 3.8) is 0 Å². The first-order chi connectivity index (χ1) is 13.7. The molecule has 3 heterocycles. The monoisotopic (exact) mass is 411 g/mol. The molecule has 2 aliphatic heterocycles. The Labute approximate surface area is 164 Å². The highest BCUT2D eigenvalue weighted by molar-refractivity contribution is 5.99. The zero-order chi connectivity index (χ0) is 21.3. The van der Waals surface area contributed by atoms with Crippen molar-refractivity contribution in [2.45, 2.75) is 51.6 Å². The highest BCUT2D eigenvalue weighted by atomic mass is 16.7. The van der Waals surface area contributed by atoms with Crippen molar-refractivity contribution in [2.24, 2.45) is 5.73 Å². The molecule has 0 aromatic carbocycles. The van der Waals surface area contributed by atoms with Crippen LogP contribution in [0.25, 0.3) is 0 Å². The van der Waals surface area contributed by atoms with Crippen LogP contribution in [0.1, 0.15) is 37.5 Å². The number of anilines is 1. The average Bonchev–Trinajstić information content (AvgIpc) is 3.15. The maximum Gasteiger partial charge on any atom is 0.303 e. The highest BCUT2D eigenvalue weighted by Gasteiger charge is 2.51. The second-order valence-corrected chi connectivity index (χ2v) is 6.46. The van der Waals surface area contributed by atoms with Gasteiger partial charge in [-0.2, -0.15) is 0 Å². The van der Waals surface area contributed by atoms with Gasteiger partial charge in [0, 0.05) is 20.8 Å². The summed E-state index contributed by atoms with van der Waals surface area (Å²) in [4.78, 5) is 50.6. The number of nitrogens with zero attached hydrogens (tertiary/aromatic N) is 2. The van der Waals surface area contributed by atoms with Crippen molar-refractivity contribution < 1.29 is 38.1 Å². The number of fused-ring (bicyclic) bond motifs is 1. The summed E-state index contributed by atoms with van der Waals surface area (Å²) in [6.45, 7) is 3.34. The van der Waals surface area contributed by atoms with Crippen LogP contribution >= 0.6 is 0 Å². The van der Waals surface area contributed by atoms with Crippen LogP contribution in [0, 0.1) is 0 Å². The van der Waals surface area contributed by atoms with Crippen LogP contribution in [0.3, 0.4) is 0 Å². The van der Waals surface area contributed by atoms with Gasteiger partial charge in [-0.15, -0.1) is 0 Å². The fourth-order valence-electron chi connectivity index (χ4n) is 3.17. The van der Waals surface area contributed by atoms with E-state index in [4.69, 9.17) is 24.7 Å². The number of hydrogen-bond donors (Lipinski definition) is 3. The molecule has 4 N–H and O–H groups in total. The number of carbonyl (C=O) groups excluding carboxylic acids is 4. The van der Waals surface area contributed by atoms with Crippen molar-refractivity contribution in [2.75, 3.05) is 11.9 Å². The molecule has 5 atom stereocenters. The lowest BCUT2D eigenvalue weighted by atomic mass is 10.1. The first-order valence-electron chi connectivity index (χ1n) is 8.70. The SMILES string of the molecule is CC(=O)OC[C@H]1OC(n2cnc3c2NC(N)NC3=O)[C@H](OC(C)=O)[C@@H]1OC(C)=O. The Balaban J connectivity index is 1.97. The van der Waals surface area contributed by atoms with Crippen LogP contribution in [-0.4, -0.2) is 64.6 Å². The molecule has 0 spiro atoms. The Morgan fingerprint density at radius 3 is 2.41 bits per heavy atom. The van der Waals surface area contributed by atoms with Crippen molar-refractivity contribution in [1.29, 1.82) is 0 Å². The molecule has 13 nitrogen and oxygen atoms in total. The highest BCUT2D eigenvalue weighted by Crippen LogP contribution is 2.37. The van der Waals surface area contributed by atoms with Gasteiger partial charge < -0.3 is 29.6 Å². The van der Waals surface area contributed by atoms with E-state index in [1.165, 1.54) is 31.7 Å². The molecule has 0 aliphatic carbocycles. The summed E-state index contributed by atoms with van der Waals surface area (Å²) in [7, 11) is 0. The normalized spacial score (nSPS) is 28.0. The van der Waals surface area contributed by atoms with Gasteiger partial charge in [-0.25, -0.2) is 4.98 Å². The first kappa shape index (κ1) is 20.5. The number of rotatable bonds is 5. The number of esters is 3. The number of nitrogens with two attached hydrogens (primary N) is 1. The zero-order valence-electron chi connectivity index (χ0n) is 15.9. The molecule has 2 aliphatic rings. The summed E-state index contributed by atoms with van der Waals surface area (Å²) in [5, 5.41) is 5.30. The standard InChI is InChI=1S/C16H21N5O8/c1-6(22)26-4-9-11(27-7(2)23)12(28-8(3)24)15(29-9)21-5-18-10-13(21)19-16(17)20-14(10)25/h5,9,11-12,15-16,19H,4,17H2,1-3H3,(H,20,25)/t9-,11-,12-,15?,16?/m1/s1. The summed E-state index contributed by atoms with van der Waals surface area (Å²) in [5.41, 5.74) is 5.81. The summed E-state index contributed by atoms with van der Waals surface area (Å²) in [6, 6.07) is 0. The maximum atomic E-state index is 12.1. The van der Waals surface area contributed by atoms with E-state index >= 15 is 0 Å². The number of nitrogens with one attached hydrogen (secondary N) is 2. The molecule has 0 bridgehead atoms. The van der Waals surface area contributed by atoms with Gasteiger partial charge >= 0.3 is 17.9 Å². The second-order valence-electron chi connectivity index (χ2n) is 6.46. The van der Waals surface area contributed by atoms with E-state index in [9.17, 15) is 19.2 Å². The molecule has 0 radical (unpaired) electrons. The van der Waals surface area contributed by atoms with Crippen molar-refractivity contribution in [1.82, 2.24) is 14.9 Å². The summed E-state index contributed by atoms with van der Waals surface area (Å²) in [6.07, 6.45) is -3.70. The molecule has 0 saturated carbocycles. The molecule has 13 heteroatoms. The molecule has 1 saturated heterocycles. The molecule has 1 fully saturated rings. The first-order valence-corrected chi connectivity index (χ1v) is 8.70. The minimum atomic E-state index is -1.10. The van der Waals surface area contributed by atoms with Crippen LogP contribution in [0.4, 0.5) is 5.82 Å². The van der Waals surface area contributed by atoms with E-state index in [0.29, 0.717) is 0 Å². The third-order valence-corrected chi connectivity index (χ3v) is 4.20. The molecule has 2 unspecified atom stereocenters. The molecular weight excluding hydrogens is 390 g/mol. The lowest BCUT2D eigenvalue weighted by Crippen LogP contribution is -2.51. The van der Waals surface area contributed by atoms with Crippen molar-refractivity contribution in [3.8, 4) is 0 Å². The number of carbonyl (C=O) groups is 4. The summed E-state index contributed by atoms with van der Waals surface area (Å²) in [5.74, 6) is -2.12. The van der Waals surface area contributed by atoms with E-state index in [2.05, 4.69) is 15.6 Å². The van der Waals surface area contributed by atoms with Crippen LogP contribution < -0.4 is 16.4 Å². The lowest BCUT2D eigenvalue weighted by Gasteiger charge is -2.27. The minimum absolute atomic E-state index is 0.0596. The summed E-state index contributed by atoms with van der Waals surface area (Å²) < 4.78 is 22.9. The van der Waals surface area contributed by atoms with Crippen LogP contribution in [0.2, 0.25) is 0 Å². The second kappa shape index (κ2) is 8.05. The van der Waals surface area contributed by atoms with Crippen LogP contribution in [0.15, 0.2) is 6.33 Å². The number of hydrogen-bond acceptors (Lipinski definition) is 11. The number of imidazole rings is 1. The molecule has 158 valence electrons. The Morgan fingerprint density at radius 1 is 1.14 bits per heavy atom. The molecular formula is C16H21N5O8. The van der Waals surface area contributed by atoms with E-state index in [1.54, 1.807) is 0 Å². The third kappa shape index (κ3) is 4.30. The minimum Gasteiger partial charge on any atom is -0.463 e. The van der Waals surface area contributed by atoms with Gasteiger partial charge in [-0.05, 0) is 0 Å².